The van der Waals surface area contributed by atoms with Gasteiger partial charge in [-0.25, -0.2) is 4.68 Å². The van der Waals surface area contributed by atoms with E-state index < -0.39 is 0 Å². The van der Waals surface area contributed by atoms with Crippen LogP contribution in [0.2, 0.25) is 5.15 Å². The van der Waals surface area contributed by atoms with Gasteiger partial charge in [0.05, 0.1) is 12.7 Å². The lowest BCUT2D eigenvalue weighted by molar-refractivity contribution is 0.480. The number of nitrogens with zero attached hydrogens (tertiary/aromatic N) is 2. The number of rotatable bonds is 4. The third-order valence-electron chi connectivity index (χ3n) is 3.12. The van der Waals surface area contributed by atoms with E-state index in [4.69, 9.17) is 16.3 Å². The highest BCUT2D eigenvalue weighted by atomic mass is 35.5. The van der Waals surface area contributed by atoms with Crippen molar-refractivity contribution in [3.8, 4) is 11.5 Å². The monoisotopic (exact) mass is 294 g/mol. The molecule has 1 unspecified atom stereocenters. The zero-order valence-electron chi connectivity index (χ0n) is 10.5. The van der Waals surface area contributed by atoms with E-state index in [9.17, 15) is 0 Å². The van der Waals surface area contributed by atoms with Gasteiger partial charge in [0.25, 0.3) is 0 Å². The molecule has 1 aromatic carbocycles. The summed E-state index contributed by atoms with van der Waals surface area (Å²) in [5.74, 6) is 2.65. The fourth-order valence-electron chi connectivity index (χ4n) is 2.15. The minimum atomic E-state index is 0.580. The molecule has 19 heavy (non-hydrogen) atoms. The van der Waals surface area contributed by atoms with Gasteiger partial charge in [-0.3, -0.25) is 0 Å². The van der Waals surface area contributed by atoms with Crippen LogP contribution in [-0.2, 0) is 6.54 Å². The Balaban J connectivity index is 1.71. The molecule has 5 heteroatoms. The molecule has 0 radical (unpaired) electrons. The Morgan fingerprint density at radius 1 is 1.37 bits per heavy atom. The van der Waals surface area contributed by atoms with E-state index in [1.54, 1.807) is 6.20 Å². The molecule has 3 nitrogen and oxygen atoms in total. The van der Waals surface area contributed by atoms with E-state index in [-0.39, 0.29) is 0 Å². The number of halogens is 1. The summed E-state index contributed by atoms with van der Waals surface area (Å²) in [7, 11) is 0. The van der Waals surface area contributed by atoms with Gasteiger partial charge in [-0.2, -0.15) is 16.9 Å². The minimum Gasteiger partial charge on any atom is -0.452 e. The Morgan fingerprint density at radius 2 is 2.21 bits per heavy atom. The van der Waals surface area contributed by atoms with Gasteiger partial charge in [-0.15, -0.1) is 0 Å². The predicted octanol–water partition coefficient (Wildman–Crippen LogP) is 4.22. The third kappa shape index (κ3) is 3.07. The van der Waals surface area contributed by atoms with E-state index in [0.29, 0.717) is 16.2 Å². The molecule has 1 atom stereocenters. The van der Waals surface area contributed by atoms with Crippen LogP contribution in [0.3, 0.4) is 0 Å². The summed E-state index contributed by atoms with van der Waals surface area (Å²) in [6.45, 7) is 0.863. The second kappa shape index (κ2) is 5.88. The lowest BCUT2D eigenvalue weighted by Crippen LogP contribution is -2.11. The van der Waals surface area contributed by atoms with Crippen LogP contribution in [-0.4, -0.2) is 20.8 Å². The Labute approximate surface area is 121 Å². The Kier molecular flexibility index (Phi) is 3.99. The van der Waals surface area contributed by atoms with Crippen LogP contribution in [0.15, 0.2) is 36.5 Å². The van der Waals surface area contributed by atoms with E-state index >= 15 is 0 Å². The van der Waals surface area contributed by atoms with Crippen molar-refractivity contribution >= 4 is 23.4 Å². The molecular weight excluding hydrogens is 280 g/mol. The molecule has 0 saturated carbocycles. The first-order valence-corrected chi connectivity index (χ1v) is 7.81. The van der Waals surface area contributed by atoms with Crippen LogP contribution in [0, 0.1) is 0 Å². The molecule has 1 fully saturated rings. The first-order valence-electron chi connectivity index (χ1n) is 6.39. The molecule has 100 valence electrons. The molecule has 0 aliphatic carbocycles. The van der Waals surface area contributed by atoms with E-state index in [1.807, 2.05) is 46.8 Å². The molecule has 2 aromatic rings. The molecule has 0 N–H and O–H groups in total. The topological polar surface area (TPSA) is 27.1 Å². The molecule has 3 rings (SSSR count). The zero-order chi connectivity index (χ0) is 13.1. The number of thioether (sulfide) groups is 1. The predicted molar refractivity (Wildman–Crippen MR) is 79.2 cm³/mol. The summed E-state index contributed by atoms with van der Waals surface area (Å²) in [4.78, 5) is 0. The normalized spacial score (nSPS) is 18.7. The summed E-state index contributed by atoms with van der Waals surface area (Å²) in [6, 6.07) is 9.63. The average Bonchev–Trinajstić information content (AvgIpc) is 3.05. The molecule has 1 aliphatic heterocycles. The van der Waals surface area contributed by atoms with E-state index in [1.165, 1.54) is 18.6 Å². The van der Waals surface area contributed by atoms with Crippen molar-refractivity contribution in [3.63, 3.8) is 0 Å². The summed E-state index contributed by atoms with van der Waals surface area (Å²) in [5.41, 5.74) is 0. The summed E-state index contributed by atoms with van der Waals surface area (Å²) in [6.07, 6.45) is 4.23. The van der Waals surface area contributed by atoms with Gasteiger partial charge in [-0.05, 0) is 30.7 Å². The first kappa shape index (κ1) is 12.9. The van der Waals surface area contributed by atoms with Crippen LogP contribution in [0.25, 0.3) is 0 Å². The van der Waals surface area contributed by atoms with Crippen molar-refractivity contribution < 1.29 is 4.74 Å². The highest BCUT2D eigenvalue weighted by molar-refractivity contribution is 8.00. The highest BCUT2D eigenvalue weighted by Gasteiger charge is 2.19. The van der Waals surface area contributed by atoms with Crippen LogP contribution in [0.1, 0.15) is 12.8 Å². The number of benzene rings is 1. The van der Waals surface area contributed by atoms with Crippen LogP contribution >= 0.6 is 23.4 Å². The van der Waals surface area contributed by atoms with E-state index in [2.05, 4.69) is 5.10 Å². The molecule has 2 heterocycles. The molecule has 0 bridgehead atoms. The molecule has 0 amide bonds. The third-order valence-corrected chi connectivity index (χ3v) is 4.88. The first-order chi connectivity index (χ1) is 9.33. The minimum absolute atomic E-state index is 0.580. The number of hydrogen-bond acceptors (Lipinski definition) is 3. The molecular formula is C14H15ClN2OS. The van der Waals surface area contributed by atoms with Gasteiger partial charge in [0.2, 0.25) is 0 Å². The Hall–Kier alpha value is -1.13. The second-order valence-electron chi connectivity index (χ2n) is 4.53. The number of hydrogen-bond donors (Lipinski definition) is 0. The van der Waals surface area contributed by atoms with Crippen molar-refractivity contribution in [2.75, 3.05) is 5.75 Å². The van der Waals surface area contributed by atoms with Gasteiger partial charge < -0.3 is 4.74 Å². The van der Waals surface area contributed by atoms with Crippen molar-refractivity contribution in [1.29, 1.82) is 0 Å². The van der Waals surface area contributed by atoms with Gasteiger partial charge in [-0.1, -0.05) is 29.8 Å². The maximum Gasteiger partial charge on any atom is 0.184 e. The van der Waals surface area contributed by atoms with Crippen LogP contribution in [0.4, 0.5) is 0 Å². The molecule has 1 aliphatic rings. The summed E-state index contributed by atoms with van der Waals surface area (Å²) >= 11 is 8.32. The van der Waals surface area contributed by atoms with Gasteiger partial charge in [0, 0.05) is 5.25 Å². The van der Waals surface area contributed by atoms with E-state index in [0.717, 1.165) is 12.3 Å². The fraction of sp³-hybridized carbons (Fsp3) is 0.357. The second-order valence-corrected chi connectivity index (χ2v) is 6.30. The SMILES string of the molecule is Clc1c(Oc2ccccc2)cnn1CC1CCCS1. The number of para-hydroxylation sites is 1. The fourth-order valence-corrected chi connectivity index (χ4v) is 3.59. The van der Waals surface area contributed by atoms with Crippen molar-refractivity contribution in [2.45, 2.75) is 24.6 Å². The lowest BCUT2D eigenvalue weighted by Gasteiger charge is -2.09. The summed E-state index contributed by atoms with van der Waals surface area (Å²) < 4.78 is 7.57. The standard InChI is InChI=1S/C14H15ClN2OS/c15-14-13(18-11-5-2-1-3-6-11)9-16-17(14)10-12-7-4-8-19-12/h1-3,5-6,9,12H,4,7-8,10H2. The zero-order valence-corrected chi connectivity index (χ0v) is 12.0. The van der Waals surface area contributed by atoms with Gasteiger partial charge in [0.15, 0.2) is 10.9 Å². The summed E-state index contributed by atoms with van der Waals surface area (Å²) in [5, 5.41) is 5.53. The molecule has 1 saturated heterocycles. The number of aromatic nitrogens is 2. The van der Waals surface area contributed by atoms with Crippen molar-refractivity contribution in [3.05, 3.63) is 41.7 Å². The lowest BCUT2D eigenvalue weighted by atomic mass is 10.2. The Bertz CT molecular complexity index is 538. The molecule has 0 spiro atoms. The molecule has 1 aromatic heterocycles. The van der Waals surface area contributed by atoms with Crippen molar-refractivity contribution in [1.82, 2.24) is 9.78 Å². The number of ether oxygens (including phenoxy) is 1. The van der Waals surface area contributed by atoms with Gasteiger partial charge in [0.1, 0.15) is 5.75 Å². The van der Waals surface area contributed by atoms with Gasteiger partial charge >= 0.3 is 0 Å². The van der Waals surface area contributed by atoms with Crippen LogP contribution < -0.4 is 4.74 Å². The maximum atomic E-state index is 6.32. The highest BCUT2D eigenvalue weighted by Crippen LogP contribution is 2.32. The van der Waals surface area contributed by atoms with Crippen LogP contribution in [0.5, 0.6) is 11.5 Å². The quantitative estimate of drug-likeness (QED) is 0.844. The largest absolute Gasteiger partial charge is 0.452 e. The van der Waals surface area contributed by atoms with Crippen molar-refractivity contribution in [2.24, 2.45) is 0 Å². The Morgan fingerprint density at radius 3 is 2.95 bits per heavy atom. The average molecular weight is 295 g/mol. The maximum absolute atomic E-state index is 6.32. The smallest absolute Gasteiger partial charge is 0.184 e.